The van der Waals surface area contributed by atoms with Crippen LogP contribution in [0.5, 0.6) is 0 Å². The zero-order chi connectivity index (χ0) is 13.0. The fraction of sp³-hybridized carbons (Fsp3) is 0.615. The van der Waals surface area contributed by atoms with Gasteiger partial charge >= 0.3 is 0 Å². The lowest BCUT2D eigenvalue weighted by Crippen LogP contribution is -2.40. The molecule has 0 bridgehead atoms. The van der Waals surface area contributed by atoms with Gasteiger partial charge in [-0.1, -0.05) is 6.92 Å². The van der Waals surface area contributed by atoms with Crippen molar-refractivity contribution in [2.75, 3.05) is 32.0 Å². The molecule has 2 heterocycles. The van der Waals surface area contributed by atoms with Gasteiger partial charge in [-0.05, 0) is 44.5 Å². The van der Waals surface area contributed by atoms with E-state index < -0.39 is 0 Å². The second-order valence-corrected chi connectivity index (χ2v) is 5.37. The maximum absolute atomic E-state index is 8.99. The van der Waals surface area contributed by atoms with Gasteiger partial charge in [0.1, 0.15) is 6.07 Å². The predicted octanol–water partition coefficient (Wildman–Crippen LogP) is 1.49. The third-order valence-electron chi connectivity index (χ3n) is 3.72. The minimum atomic E-state index is 0.275. The Morgan fingerprint density at radius 2 is 2.22 bits per heavy atom. The Morgan fingerprint density at radius 1 is 1.50 bits per heavy atom. The first-order valence-electron chi connectivity index (χ1n) is 6.27. The van der Waals surface area contributed by atoms with E-state index in [2.05, 4.69) is 40.5 Å². The fourth-order valence-corrected chi connectivity index (χ4v) is 2.18. The first-order valence-corrected chi connectivity index (χ1v) is 6.27. The molecule has 96 valence electrons. The number of anilines is 1. The summed E-state index contributed by atoms with van der Waals surface area (Å²) in [5.41, 5.74) is 0.832. The van der Waals surface area contributed by atoms with Crippen molar-refractivity contribution < 1.29 is 0 Å². The second kappa shape index (κ2) is 5.32. The molecule has 0 amide bonds. The number of aromatic nitrogens is 2. The summed E-state index contributed by atoms with van der Waals surface area (Å²) >= 11 is 0. The van der Waals surface area contributed by atoms with Crippen molar-refractivity contribution in [3.63, 3.8) is 0 Å². The number of hydrogen-bond acceptors (Lipinski definition) is 5. The summed E-state index contributed by atoms with van der Waals surface area (Å²) in [5.74, 6) is 0.597. The third kappa shape index (κ3) is 2.96. The molecule has 1 saturated heterocycles. The average Bonchev–Trinajstić information content (AvgIpc) is 2.41. The molecule has 1 aromatic rings. The van der Waals surface area contributed by atoms with Gasteiger partial charge in [0.2, 0.25) is 0 Å². The van der Waals surface area contributed by atoms with Gasteiger partial charge in [0.15, 0.2) is 5.82 Å². The largest absolute Gasteiger partial charge is 0.367 e. The smallest absolute Gasteiger partial charge is 0.166 e. The molecule has 1 aliphatic rings. The quantitative estimate of drug-likeness (QED) is 0.874. The molecule has 0 aliphatic carbocycles. The molecule has 0 unspecified atom stereocenters. The van der Waals surface area contributed by atoms with E-state index >= 15 is 0 Å². The van der Waals surface area contributed by atoms with Crippen molar-refractivity contribution in [1.82, 2.24) is 15.1 Å². The molecule has 1 fully saturated rings. The first-order chi connectivity index (χ1) is 8.63. The molecule has 1 N–H and O–H groups in total. The van der Waals surface area contributed by atoms with Crippen molar-refractivity contribution in [1.29, 1.82) is 5.26 Å². The van der Waals surface area contributed by atoms with Crippen molar-refractivity contribution >= 4 is 5.82 Å². The Kier molecular flexibility index (Phi) is 3.78. The topological polar surface area (TPSA) is 64.8 Å². The lowest BCUT2D eigenvalue weighted by Gasteiger charge is -2.38. The van der Waals surface area contributed by atoms with Crippen LogP contribution in [-0.4, -0.2) is 41.8 Å². The van der Waals surface area contributed by atoms with Gasteiger partial charge in [0.25, 0.3) is 0 Å². The highest BCUT2D eigenvalue weighted by molar-refractivity contribution is 5.50. The summed E-state index contributed by atoms with van der Waals surface area (Å²) in [5, 5.41) is 20.1. The zero-order valence-corrected chi connectivity index (χ0v) is 11.0. The van der Waals surface area contributed by atoms with Crippen LogP contribution in [0.15, 0.2) is 12.3 Å². The minimum absolute atomic E-state index is 0.275. The fourth-order valence-electron chi connectivity index (χ4n) is 2.18. The molecular formula is C13H19N5. The maximum atomic E-state index is 8.99. The molecule has 1 aromatic heterocycles. The maximum Gasteiger partial charge on any atom is 0.166 e. The van der Waals surface area contributed by atoms with E-state index in [1.807, 2.05) is 0 Å². The number of nitrogens with zero attached hydrogens (tertiary/aromatic N) is 4. The van der Waals surface area contributed by atoms with E-state index in [9.17, 15) is 0 Å². The van der Waals surface area contributed by atoms with Crippen LogP contribution in [0.1, 0.15) is 25.3 Å². The molecule has 5 nitrogen and oxygen atoms in total. The van der Waals surface area contributed by atoms with Crippen LogP contribution in [0.25, 0.3) is 0 Å². The summed E-state index contributed by atoms with van der Waals surface area (Å²) in [7, 11) is 2.16. The van der Waals surface area contributed by atoms with E-state index in [4.69, 9.17) is 5.26 Å². The van der Waals surface area contributed by atoms with Crippen LogP contribution in [0, 0.1) is 16.7 Å². The van der Waals surface area contributed by atoms with Crippen LogP contribution in [0.2, 0.25) is 0 Å². The lowest BCUT2D eigenvalue weighted by molar-refractivity contribution is 0.150. The van der Waals surface area contributed by atoms with Gasteiger partial charge < -0.3 is 10.2 Å². The van der Waals surface area contributed by atoms with Gasteiger partial charge in [-0.2, -0.15) is 10.4 Å². The van der Waals surface area contributed by atoms with Gasteiger partial charge in [-0.25, -0.2) is 0 Å². The van der Waals surface area contributed by atoms with Crippen LogP contribution in [0.3, 0.4) is 0 Å². The van der Waals surface area contributed by atoms with E-state index in [1.54, 1.807) is 12.3 Å². The van der Waals surface area contributed by atoms with Crippen molar-refractivity contribution in [2.45, 2.75) is 19.8 Å². The summed E-state index contributed by atoms with van der Waals surface area (Å²) in [6.45, 7) is 5.39. The van der Waals surface area contributed by atoms with Crippen LogP contribution in [0.4, 0.5) is 5.82 Å². The Bertz CT molecular complexity index is 443. The summed E-state index contributed by atoms with van der Waals surface area (Å²) in [6.07, 6.45) is 3.87. The summed E-state index contributed by atoms with van der Waals surface area (Å²) in [6, 6.07) is 3.82. The van der Waals surface area contributed by atoms with Gasteiger partial charge in [-0.3, -0.25) is 0 Å². The molecule has 0 radical (unpaired) electrons. The number of piperidine rings is 1. The van der Waals surface area contributed by atoms with Crippen LogP contribution >= 0.6 is 0 Å². The Morgan fingerprint density at radius 3 is 2.89 bits per heavy atom. The molecule has 0 aromatic carbocycles. The highest BCUT2D eigenvalue weighted by Gasteiger charge is 2.28. The van der Waals surface area contributed by atoms with Crippen molar-refractivity contribution in [3.8, 4) is 6.07 Å². The third-order valence-corrected chi connectivity index (χ3v) is 3.72. The first kappa shape index (κ1) is 12.8. The molecule has 0 spiro atoms. The SMILES string of the molecule is CN1CCC(C)(CNc2nnccc2C#N)CC1. The Hall–Kier alpha value is -1.67. The zero-order valence-electron chi connectivity index (χ0n) is 11.0. The molecule has 2 rings (SSSR count). The second-order valence-electron chi connectivity index (χ2n) is 5.37. The summed E-state index contributed by atoms with van der Waals surface area (Å²) < 4.78 is 0. The van der Waals surface area contributed by atoms with Crippen molar-refractivity contribution in [2.24, 2.45) is 5.41 Å². The Labute approximate surface area is 108 Å². The number of likely N-dealkylation sites (tertiary alicyclic amines) is 1. The molecular weight excluding hydrogens is 226 g/mol. The standard InChI is InChI=1S/C13H19N5/c1-13(4-7-18(2)8-5-13)10-15-12-11(9-14)3-6-16-17-12/h3,6H,4-5,7-8,10H2,1-2H3,(H,15,17). The lowest BCUT2D eigenvalue weighted by atomic mass is 9.80. The normalized spacial score (nSPS) is 19.2. The molecule has 0 atom stereocenters. The highest BCUT2D eigenvalue weighted by atomic mass is 15.2. The molecule has 5 heteroatoms. The minimum Gasteiger partial charge on any atom is -0.367 e. The average molecular weight is 245 g/mol. The van der Waals surface area contributed by atoms with E-state index in [0.717, 1.165) is 19.6 Å². The van der Waals surface area contributed by atoms with Crippen LogP contribution in [-0.2, 0) is 0 Å². The molecule has 0 saturated carbocycles. The van der Waals surface area contributed by atoms with Gasteiger partial charge in [-0.15, -0.1) is 5.10 Å². The predicted molar refractivity (Wildman–Crippen MR) is 70.1 cm³/mol. The number of hydrogen-bond donors (Lipinski definition) is 1. The highest BCUT2D eigenvalue weighted by Crippen LogP contribution is 2.30. The Balaban J connectivity index is 1.97. The molecule has 18 heavy (non-hydrogen) atoms. The van der Waals surface area contributed by atoms with Gasteiger partial charge in [0.05, 0.1) is 11.8 Å². The van der Waals surface area contributed by atoms with E-state index in [-0.39, 0.29) is 5.41 Å². The molecule has 1 aliphatic heterocycles. The van der Waals surface area contributed by atoms with Gasteiger partial charge in [0, 0.05) is 6.54 Å². The number of nitrogens with one attached hydrogen (secondary N) is 1. The number of rotatable bonds is 3. The number of nitriles is 1. The summed E-state index contributed by atoms with van der Waals surface area (Å²) in [4.78, 5) is 2.35. The van der Waals surface area contributed by atoms with E-state index in [0.29, 0.717) is 11.4 Å². The van der Waals surface area contributed by atoms with Crippen LogP contribution < -0.4 is 5.32 Å². The van der Waals surface area contributed by atoms with Crippen molar-refractivity contribution in [3.05, 3.63) is 17.8 Å². The van der Waals surface area contributed by atoms with E-state index in [1.165, 1.54) is 12.8 Å². The monoisotopic (exact) mass is 245 g/mol.